The van der Waals surface area contributed by atoms with Crippen molar-refractivity contribution in [3.8, 4) is 0 Å². The molecule has 1 aromatic heterocycles. The van der Waals surface area contributed by atoms with Crippen molar-refractivity contribution in [2.24, 2.45) is 0 Å². The van der Waals surface area contributed by atoms with Gasteiger partial charge in [-0.3, -0.25) is 10.1 Å². The monoisotopic (exact) mass is 311 g/mol. The van der Waals surface area contributed by atoms with Crippen LogP contribution in [-0.2, 0) is 4.79 Å². The molecule has 8 nitrogen and oxygen atoms in total. The van der Waals surface area contributed by atoms with Gasteiger partial charge in [0.1, 0.15) is 11.0 Å². The second-order valence-corrected chi connectivity index (χ2v) is 4.61. The summed E-state index contributed by atoms with van der Waals surface area (Å²) in [7, 11) is 0. The Labute approximate surface area is 125 Å². The van der Waals surface area contributed by atoms with Crippen molar-refractivity contribution < 1.29 is 14.4 Å². The molecule has 0 fully saturated rings. The number of imide groups is 1. The zero-order valence-corrected chi connectivity index (χ0v) is 12.1. The predicted octanol–water partition coefficient (Wildman–Crippen LogP) is 0.749. The molecule has 0 saturated carbocycles. The zero-order valence-electron chi connectivity index (χ0n) is 11.3. The summed E-state index contributed by atoms with van der Waals surface area (Å²) >= 11 is 5.87. The van der Waals surface area contributed by atoms with Gasteiger partial charge >= 0.3 is 6.03 Å². The van der Waals surface area contributed by atoms with Crippen LogP contribution in [0.4, 0.5) is 4.79 Å². The first-order valence-corrected chi connectivity index (χ1v) is 6.70. The van der Waals surface area contributed by atoms with Crippen LogP contribution >= 0.6 is 11.6 Å². The van der Waals surface area contributed by atoms with Crippen LogP contribution in [0.5, 0.6) is 0 Å². The van der Waals surface area contributed by atoms with Crippen LogP contribution in [0.3, 0.4) is 0 Å². The van der Waals surface area contributed by atoms with Gasteiger partial charge < -0.3 is 10.2 Å². The molecule has 1 aromatic carbocycles. The highest BCUT2D eigenvalue weighted by Crippen LogP contribution is 2.16. The van der Waals surface area contributed by atoms with Crippen LogP contribution in [0.2, 0.25) is 5.02 Å². The summed E-state index contributed by atoms with van der Waals surface area (Å²) in [6.07, 6.45) is 0.782. The minimum Gasteiger partial charge on any atom is -0.385 e. The van der Waals surface area contributed by atoms with Crippen LogP contribution in [0.25, 0.3) is 11.0 Å². The van der Waals surface area contributed by atoms with Gasteiger partial charge in [0.2, 0.25) is 0 Å². The fraction of sp³-hybridized carbons (Fsp3) is 0.333. The Morgan fingerprint density at radius 1 is 1.43 bits per heavy atom. The summed E-state index contributed by atoms with van der Waals surface area (Å²) in [4.78, 5) is 29.1. The summed E-state index contributed by atoms with van der Waals surface area (Å²) < 4.78 is 0. The number of halogens is 1. The number of nitrogens with one attached hydrogen (secondary N) is 2. The number of nitrogens with zero attached hydrogens (tertiary/aromatic N) is 3. The molecular weight excluding hydrogens is 298 g/mol. The predicted molar refractivity (Wildman–Crippen MR) is 75.8 cm³/mol. The molecule has 0 saturated heterocycles. The number of benzene rings is 1. The maximum atomic E-state index is 11.5. The summed E-state index contributed by atoms with van der Waals surface area (Å²) in [5.41, 5.74) is 1.12. The molecule has 21 heavy (non-hydrogen) atoms. The molecule has 2 rings (SSSR count). The maximum Gasteiger partial charge on any atom is 0.321 e. The van der Waals surface area contributed by atoms with Gasteiger partial charge in [-0.1, -0.05) is 23.4 Å². The van der Waals surface area contributed by atoms with Gasteiger partial charge in [-0.15, -0.1) is 5.10 Å². The van der Waals surface area contributed by atoms with Crippen molar-refractivity contribution in [1.82, 2.24) is 25.8 Å². The molecule has 3 amide bonds. The van der Waals surface area contributed by atoms with Crippen molar-refractivity contribution in [2.45, 2.75) is 13.3 Å². The van der Waals surface area contributed by atoms with E-state index in [-0.39, 0.29) is 6.61 Å². The average molecular weight is 312 g/mol. The lowest BCUT2D eigenvalue weighted by Gasteiger charge is -2.07. The molecule has 9 heteroatoms. The molecular formula is C12H14ClN5O3. The van der Waals surface area contributed by atoms with Gasteiger partial charge in [0, 0.05) is 11.6 Å². The van der Waals surface area contributed by atoms with Crippen LogP contribution in [0.1, 0.15) is 13.3 Å². The Balaban J connectivity index is 1.91. The van der Waals surface area contributed by atoms with E-state index in [1.54, 1.807) is 18.2 Å². The fourth-order valence-corrected chi connectivity index (χ4v) is 1.70. The number of carbonyl (C=O) groups excluding carboxylic acids is 2. The Morgan fingerprint density at radius 3 is 3.00 bits per heavy atom. The van der Waals surface area contributed by atoms with E-state index in [0.29, 0.717) is 22.6 Å². The van der Waals surface area contributed by atoms with Crippen LogP contribution in [0, 0.1) is 0 Å². The molecule has 112 valence electrons. The highest BCUT2D eigenvalue weighted by atomic mass is 35.5. The van der Waals surface area contributed by atoms with Crippen LogP contribution in [-0.4, -0.2) is 40.2 Å². The molecule has 0 atom stereocenters. The SMILES string of the molecule is CCCNC(=O)NC(=O)COn1nnc2ccc(Cl)cc21. The van der Waals surface area contributed by atoms with E-state index in [4.69, 9.17) is 16.4 Å². The first-order valence-electron chi connectivity index (χ1n) is 6.32. The molecule has 1 heterocycles. The van der Waals surface area contributed by atoms with E-state index in [2.05, 4.69) is 20.9 Å². The average Bonchev–Trinajstić information content (AvgIpc) is 2.85. The third kappa shape index (κ3) is 4.06. The number of aromatic nitrogens is 3. The number of fused-ring (bicyclic) bond motifs is 1. The van der Waals surface area contributed by atoms with Crippen LogP contribution < -0.4 is 15.5 Å². The first kappa shape index (κ1) is 15.0. The highest BCUT2D eigenvalue weighted by Gasteiger charge is 2.10. The van der Waals surface area contributed by atoms with Crippen molar-refractivity contribution >= 4 is 34.6 Å². The summed E-state index contributed by atoms with van der Waals surface area (Å²) in [6.45, 7) is 2.03. The smallest absolute Gasteiger partial charge is 0.321 e. The van der Waals surface area contributed by atoms with Gasteiger partial charge in [0.15, 0.2) is 6.61 Å². The summed E-state index contributed by atoms with van der Waals surface area (Å²) in [5, 5.41) is 12.7. The van der Waals surface area contributed by atoms with Gasteiger partial charge in [-0.25, -0.2) is 4.79 Å². The molecule has 0 aliphatic rings. The number of hydrogen-bond acceptors (Lipinski definition) is 5. The van der Waals surface area contributed by atoms with Crippen molar-refractivity contribution in [3.63, 3.8) is 0 Å². The molecule has 0 unspecified atom stereocenters. The van der Waals surface area contributed by atoms with Crippen molar-refractivity contribution in [3.05, 3.63) is 23.2 Å². The molecule has 2 N–H and O–H groups in total. The van der Waals surface area contributed by atoms with Crippen molar-refractivity contribution in [1.29, 1.82) is 0 Å². The number of urea groups is 1. The molecule has 0 bridgehead atoms. The second-order valence-electron chi connectivity index (χ2n) is 4.17. The summed E-state index contributed by atoms with van der Waals surface area (Å²) in [6, 6.07) is 4.41. The second kappa shape index (κ2) is 6.89. The van der Waals surface area contributed by atoms with E-state index in [1.165, 1.54) is 0 Å². The Bertz CT molecular complexity index is 657. The van der Waals surface area contributed by atoms with Crippen LogP contribution in [0.15, 0.2) is 18.2 Å². The maximum absolute atomic E-state index is 11.5. The number of carbonyl (C=O) groups is 2. The fourth-order valence-electron chi connectivity index (χ4n) is 1.53. The van der Waals surface area contributed by atoms with E-state index in [1.807, 2.05) is 6.92 Å². The standard InChI is InChI=1S/C12H14ClN5O3/c1-2-5-14-12(20)15-11(19)7-21-18-10-6-8(13)3-4-9(10)16-17-18/h3-4,6H,2,5,7H2,1H3,(H2,14,15,19,20). The topological polar surface area (TPSA) is 98.1 Å². The largest absolute Gasteiger partial charge is 0.385 e. The third-order valence-electron chi connectivity index (χ3n) is 2.48. The van der Waals surface area contributed by atoms with Gasteiger partial charge in [0.05, 0.1) is 0 Å². The quantitative estimate of drug-likeness (QED) is 0.849. The highest BCUT2D eigenvalue weighted by molar-refractivity contribution is 6.31. The zero-order chi connectivity index (χ0) is 15.2. The number of amides is 3. The van der Waals surface area contributed by atoms with E-state index < -0.39 is 11.9 Å². The Kier molecular flexibility index (Phi) is 4.94. The van der Waals surface area contributed by atoms with Gasteiger partial charge in [-0.2, -0.15) is 0 Å². The lowest BCUT2D eigenvalue weighted by atomic mass is 10.3. The molecule has 0 aliphatic carbocycles. The third-order valence-corrected chi connectivity index (χ3v) is 2.72. The lowest BCUT2D eigenvalue weighted by Crippen LogP contribution is -2.42. The summed E-state index contributed by atoms with van der Waals surface area (Å²) in [5.74, 6) is -0.589. The molecule has 0 radical (unpaired) electrons. The minimum absolute atomic E-state index is 0.371. The van der Waals surface area contributed by atoms with E-state index >= 15 is 0 Å². The van der Waals surface area contributed by atoms with Crippen molar-refractivity contribution in [2.75, 3.05) is 13.2 Å². The van der Waals surface area contributed by atoms with Gasteiger partial charge in [-0.05, 0) is 29.8 Å². The molecule has 0 aliphatic heterocycles. The Hall–Kier alpha value is -2.35. The normalized spacial score (nSPS) is 10.4. The Morgan fingerprint density at radius 2 is 2.24 bits per heavy atom. The molecule has 0 spiro atoms. The van der Waals surface area contributed by atoms with E-state index in [0.717, 1.165) is 11.3 Å². The van der Waals surface area contributed by atoms with E-state index in [9.17, 15) is 9.59 Å². The van der Waals surface area contributed by atoms with Gasteiger partial charge in [0.25, 0.3) is 5.91 Å². The number of hydrogen-bond donors (Lipinski definition) is 2. The lowest BCUT2D eigenvalue weighted by molar-refractivity contribution is -0.125. The molecule has 2 aromatic rings. The number of rotatable bonds is 5. The minimum atomic E-state index is -0.589. The first-order chi connectivity index (χ1) is 10.1.